The number of hydrogen-bond donors (Lipinski definition) is 0. The SMILES string of the molecule is CC=CC[CH2][Hg][Cl]. The second kappa shape index (κ2) is 6.97. The van der Waals surface area contributed by atoms with E-state index in [1.165, 1.54) is 10.4 Å². The topological polar surface area (TPSA) is 0 Å². The molecule has 0 saturated carbocycles. The van der Waals surface area contributed by atoms with Crippen LogP contribution in [-0.4, -0.2) is 0 Å². The van der Waals surface area contributed by atoms with Gasteiger partial charge in [0.25, 0.3) is 0 Å². The first kappa shape index (κ1) is 7.97. The Labute approximate surface area is 60.8 Å². The van der Waals surface area contributed by atoms with E-state index >= 15 is 0 Å². The summed E-state index contributed by atoms with van der Waals surface area (Å²) >= 11 is -0.766. The summed E-state index contributed by atoms with van der Waals surface area (Å²) in [5.74, 6) is 0. The molecule has 0 bridgehead atoms. The molecule has 0 fully saturated rings. The van der Waals surface area contributed by atoms with Gasteiger partial charge in [-0.1, -0.05) is 0 Å². The fraction of sp³-hybridized carbons (Fsp3) is 0.600. The average molecular weight is 305 g/mol. The van der Waals surface area contributed by atoms with Crippen LogP contribution in [0.2, 0.25) is 3.93 Å². The minimum atomic E-state index is -0.766. The first-order valence-corrected chi connectivity index (χ1v) is 13.2. The van der Waals surface area contributed by atoms with Crippen LogP contribution in [0.3, 0.4) is 0 Å². The van der Waals surface area contributed by atoms with Crippen molar-refractivity contribution >= 4 is 8.25 Å². The summed E-state index contributed by atoms with van der Waals surface area (Å²) in [6.45, 7) is 2.05. The van der Waals surface area contributed by atoms with Gasteiger partial charge in [-0.2, -0.15) is 0 Å². The third-order valence-corrected chi connectivity index (χ3v) is 5.71. The van der Waals surface area contributed by atoms with E-state index in [1.54, 1.807) is 0 Å². The molecule has 0 heterocycles. The number of rotatable bonds is 3. The summed E-state index contributed by atoms with van der Waals surface area (Å²) in [5, 5.41) is 0. The number of hydrogen-bond acceptors (Lipinski definition) is 0. The van der Waals surface area contributed by atoms with Crippen molar-refractivity contribution in [2.45, 2.75) is 17.3 Å². The maximum atomic E-state index is 5.63. The fourth-order valence-corrected chi connectivity index (χ4v) is 3.23. The van der Waals surface area contributed by atoms with Crippen LogP contribution in [0.4, 0.5) is 0 Å². The second-order valence-corrected chi connectivity index (χ2v) is 8.94. The Morgan fingerprint density at radius 2 is 2.43 bits per heavy atom. The van der Waals surface area contributed by atoms with Crippen molar-refractivity contribution in [1.29, 1.82) is 0 Å². The van der Waals surface area contributed by atoms with E-state index in [2.05, 4.69) is 12.2 Å². The van der Waals surface area contributed by atoms with Crippen LogP contribution in [0.1, 0.15) is 13.3 Å². The normalized spacial score (nSPS) is 9.43. The predicted molar refractivity (Wildman–Crippen MR) is 30.1 cm³/mol. The van der Waals surface area contributed by atoms with E-state index in [1.807, 2.05) is 6.92 Å². The summed E-state index contributed by atoms with van der Waals surface area (Å²) in [4.78, 5) is 0. The summed E-state index contributed by atoms with van der Waals surface area (Å²) in [7, 11) is 5.63. The molecule has 0 unspecified atom stereocenters. The molecule has 0 spiro atoms. The van der Waals surface area contributed by atoms with Gasteiger partial charge in [0.15, 0.2) is 0 Å². The van der Waals surface area contributed by atoms with Gasteiger partial charge in [-0.15, -0.1) is 0 Å². The van der Waals surface area contributed by atoms with Crippen LogP contribution in [0, 0.1) is 0 Å². The molecule has 0 atom stereocenters. The van der Waals surface area contributed by atoms with Crippen LogP contribution >= 0.6 is 8.25 Å². The van der Waals surface area contributed by atoms with Crippen LogP contribution in [0.25, 0.3) is 0 Å². The Balaban J connectivity index is 2.69. The summed E-state index contributed by atoms with van der Waals surface area (Å²) in [6.07, 6.45) is 5.49. The van der Waals surface area contributed by atoms with E-state index in [0.29, 0.717) is 0 Å². The molecule has 0 rings (SSSR count). The molecular formula is C5H9ClHg. The van der Waals surface area contributed by atoms with E-state index in [-0.39, 0.29) is 0 Å². The van der Waals surface area contributed by atoms with Crippen LogP contribution < -0.4 is 0 Å². The molecule has 0 saturated heterocycles. The van der Waals surface area contributed by atoms with E-state index < -0.39 is 23.3 Å². The van der Waals surface area contributed by atoms with Gasteiger partial charge in [-0.25, -0.2) is 0 Å². The predicted octanol–water partition coefficient (Wildman–Crippen LogP) is 2.61. The van der Waals surface area contributed by atoms with Crippen molar-refractivity contribution in [2.75, 3.05) is 0 Å². The first-order valence-electron chi connectivity index (χ1n) is 2.59. The van der Waals surface area contributed by atoms with Gasteiger partial charge < -0.3 is 0 Å². The average Bonchev–Trinajstić information content (AvgIpc) is 1.69. The Morgan fingerprint density at radius 1 is 1.71 bits per heavy atom. The molecular weight excluding hydrogens is 296 g/mol. The minimum absolute atomic E-state index is 0.766. The molecule has 0 radical (unpaired) electrons. The van der Waals surface area contributed by atoms with Crippen molar-refractivity contribution in [2.24, 2.45) is 0 Å². The molecule has 0 aromatic heterocycles. The van der Waals surface area contributed by atoms with Crippen molar-refractivity contribution in [3.05, 3.63) is 12.2 Å². The zero-order chi connectivity index (χ0) is 5.54. The molecule has 0 N–H and O–H groups in total. The summed E-state index contributed by atoms with van der Waals surface area (Å²) in [5.41, 5.74) is 0. The third kappa shape index (κ3) is 6.97. The molecule has 0 aromatic rings. The summed E-state index contributed by atoms with van der Waals surface area (Å²) < 4.78 is 1.33. The van der Waals surface area contributed by atoms with Gasteiger partial charge in [-0.3, -0.25) is 0 Å². The van der Waals surface area contributed by atoms with Gasteiger partial charge >= 0.3 is 61.0 Å². The van der Waals surface area contributed by atoms with Gasteiger partial charge in [0, 0.05) is 0 Å². The molecule has 0 aliphatic carbocycles. The Kier molecular flexibility index (Phi) is 7.93. The summed E-state index contributed by atoms with van der Waals surface area (Å²) in [6, 6.07) is 0. The zero-order valence-electron chi connectivity index (χ0n) is 4.65. The van der Waals surface area contributed by atoms with E-state index in [4.69, 9.17) is 8.25 Å². The Bertz CT molecular complexity index is 52.0. The molecule has 0 nitrogen and oxygen atoms in total. The van der Waals surface area contributed by atoms with Crippen molar-refractivity contribution in [3.8, 4) is 0 Å². The van der Waals surface area contributed by atoms with Crippen molar-refractivity contribution in [3.63, 3.8) is 0 Å². The standard InChI is InChI=1S/C5H9.ClH.Hg/c1-3-5-4-2;;/h4-5H,1,3H2,2H3;1H;/q;;+1/p-1. The first-order chi connectivity index (χ1) is 3.41. The van der Waals surface area contributed by atoms with Crippen LogP contribution in [0.15, 0.2) is 12.2 Å². The molecule has 0 aliphatic rings. The fourth-order valence-electron chi connectivity index (χ4n) is 0.362. The monoisotopic (exact) mass is 306 g/mol. The van der Waals surface area contributed by atoms with Gasteiger partial charge in [0.05, 0.1) is 0 Å². The number of allylic oxidation sites excluding steroid dienone is 2. The zero-order valence-corrected chi connectivity index (χ0v) is 10.9. The second-order valence-electron chi connectivity index (χ2n) is 1.40. The molecule has 0 amide bonds. The van der Waals surface area contributed by atoms with Gasteiger partial charge in [0.1, 0.15) is 0 Å². The third-order valence-electron chi connectivity index (χ3n) is 0.740. The quantitative estimate of drug-likeness (QED) is 0.427. The van der Waals surface area contributed by atoms with Crippen molar-refractivity contribution in [1.82, 2.24) is 0 Å². The molecule has 38 valence electrons. The molecule has 7 heavy (non-hydrogen) atoms. The van der Waals surface area contributed by atoms with Crippen LogP contribution in [-0.2, 0) is 23.3 Å². The van der Waals surface area contributed by atoms with Gasteiger partial charge in [0.2, 0.25) is 0 Å². The Hall–Kier alpha value is 0.965. The van der Waals surface area contributed by atoms with Crippen LogP contribution in [0.5, 0.6) is 0 Å². The Morgan fingerprint density at radius 3 is 2.86 bits per heavy atom. The molecule has 0 aliphatic heterocycles. The molecule has 2 heteroatoms. The maximum absolute atomic E-state index is 5.63. The van der Waals surface area contributed by atoms with E-state index in [9.17, 15) is 0 Å². The number of halogens is 1. The van der Waals surface area contributed by atoms with E-state index in [0.717, 1.165) is 0 Å². The van der Waals surface area contributed by atoms with Gasteiger partial charge in [-0.05, 0) is 0 Å². The molecule has 0 aromatic carbocycles. The van der Waals surface area contributed by atoms with Crippen molar-refractivity contribution < 1.29 is 23.3 Å².